The van der Waals surface area contributed by atoms with Crippen LogP contribution in [0.25, 0.3) is 22.2 Å². The number of likely N-dealkylation sites (tertiary alicyclic amines) is 1. The van der Waals surface area contributed by atoms with Crippen molar-refractivity contribution in [1.29, 1.82) is 0 Å². The van der Waals surface area contributed by atoms with Gasteiger partial charge in [0.25, 0.3) is 5.91 Å². The van der Waals surface area contributed by atoms with Crippen molar-refractivity contribution in [3.8, 4) is 22.8 Å². The van der Waals surface area contributed by atoms with Crippen molar-refractivity contribution in [1.82, 2.24) is 24.8 Å². The first kappa shape index (κ1) is 38.9. The smallest absolute Gasteiger partial charge is 0.259 e. The van der Waals surface area contributed by atoms with Gasteiger partial charge in [-0.05, 0) is 63.5 Å². The zero-order chi connectivity index (χ0) is 39.7. The molecule has 0 bridgehead atoms. The Kier molecular flexibility index (Phi) is 11.0. The van der Waals surface area contributed by atoms with Gasteiger partial charge in [0.05, 0.1) is 30.1 Å². The number of amides is 4. The van der Waals surface area contributed by atoms with E-state index < -0.39 is 56.6 Å². The van der Waals surface area contributed by atoms with Crippen LogP contribution in [0.15, 0.2) is 66.7 Å². The van der Waals surface area contributed by atoms with Crippen LogP contribution in [0.2, 0.25) is 0 Å². The van der Waals surface area contributed by atoms with Gasteiger partial charge in [-0.3, -0.25) is 23.9 Å². The summed E-state index contributed by atoms with van der Waals surface area (Å²) in [4.78, 5) is 65.0. The van der Waals surface area contributed by atoms with Gasteiger partial charge < -0.3 is 24.6 Å². The maximum atomic E-state index is 14.8. The number of allylic oxidation sites excluding steroid dienone is 1. The highest BCUT2D eigenvalue weighted by molar-refractivity contribution is 7.91. The molecule has 2 saturated heterocycles. The molecule has 2 aliphatic carbocycles. The van der Waals surface area contributed by atoms with Gasteiger partial charge >= 0.3 is 0 Å². The van der Waals surface area contributed by atoms with E-state index in [-0.39, 0.29) is 37.6 Å². The Morgan fingerprint density at radius 1 is 0.982 bits per heavy atom. The van der Waals surface area contributed by atoms with E-state index in [0.717, 1.165) is 49.5 Å². The van der Waals surface area contributed by atoms with Gasteiger partial charge in [-0.15, -0.1) is 0 Å². The lowest BCUT2D eigenvalue weighted by Crippen LogP contribution is -2.57. The molecule has 1 aromatic heterocycles. The maximum Gasteiger partial charge on any atom is 0.259 e. The zero-order valence-corrected chi connectivity index (χ0v) is 33.2. The summed E-state index contributed by atoms with van der Waals surface area (Å²) in [6.07, 6.45) is 10.2. The van der Waals surface area contributed by atoms with E-state index in [0.29, 0.717) is 55.1 Å². The predicted octanol–water partition coefficient (Wildman–Crippen LogP) is 4.89. The molecule has 57 heavy (non-hydrogen) atoms. The zero-order valence-electron chi connectivity index (χ0n) is 32.4. The summed E-state index contributed by atoms with van der Waals surface area (Å²) in [7, 11) is -2.29. The number of nitrogens with one attached hydrogen (secondary N) is 2. The van der Waals surface area contributed by atoms with Crippen molar-refractivity contribution in [3.63, 3.8) is 0 Å². The average molecular weight is 798 g/mol. The number of nitrogens with zero attached hydrogens (tertiary/aromatic N) is 3. The molecule has 13 nitrogen and oxygen atoms in total. The lowest BCUT2D eigenvalue weighted by molar-refractivity contribution is -0.145. The molecule has 2 saturated carbocycles. The number of pyridine rings is 1. The minimum Gasteiger partial charge on any atom is -0.497 e. The number of aromatic nitrogens is 1. The molecule has 5 atom stereocenters. The topological polar surface area (TPSA) is 164 Å². The number of carbonyl (C=O) groups excluding carboxylic acids is 4. The van der Waals surface area contributed by atoms with Gasteiger partial charge in [0.2, 0.25) is 27.7 Å². The van der Waals surface area contributed by atoms with Crippen LogP contribution in [0.5, 0.6) is 11.5 Å². The predicted molar refractivity (Wildman–Crippen MR) is 213 cm³/mol. The summed E-state index contributed by atoms with van der Waals surface area (Å²) in [5.41, 5.74) is 0.733. The Balaban J connectivity index is 1.12. The van der Waals surface area contributed by atoms with Crippen LogP contribution >= 0.6 is 0 Å². The molecular weight excluding hydrogens is 747 g/mol. The Labute approximate surface area is 333 Å². The van der Waals surface area contributed by atoms with Gasteiger partial charge in [-0.2, -0.15) is 0 Å². The largest absolute Gasteiger partial charge is 0.497 e. The van der Waals surface area contributed by atoms with Gasteiger partial charge in [-0.25, -0.2) is 13.4 Å². The summed E-state index contributed by atoms with van der Waals surface area (Å²) in [6, 6.07) is 16.1. The highest BCUT2D eigenvalue weighted by atomic mass is 32.2. The second-order valence-corrected chi connectivity index (χ2v) is 18.2. The first-order valence-electron chi connectivity index (χ1n) is 20.4. The number of rotatable bonds is 9. The van der Waals surface area contributed by atoms with Gasteiger partial charge in [-0.1, -0.05) is 55.3 Å². The van der Waals surface area contributed by atoms with Crippen LogP contribution in [0.3, 0.4) is 0 Å². The lowest BCUT2D eigenvalue weighted by atomic mass is 9.94. The van der Waals surface area contributed by atoms with Crippen LogP contribution in [-0.2, 0) is 29.2 Å². The number of benzene rings is 2. The third-order valence-electron chi connectivity index (χ3n) is 12.2. The molecule has 4 amide bonds. The van der Waals surface area contributed by atoms with Crippen LogP contribution in [0.1, 0.15) is 77.0 Å². The number of methoxy groups -OCH3 is 1. The molecule has 3 aromatic rings. The summed E-state index contributed by atoms with van der Waals surface area (Å²) in [5, 5.41) is 3.07. The first-order valence-corrected chi connectivity index (χ1v) is 21.9. The summed E-state index contributed by atoms with van der Waals surface area (Å²) < 4.78 is 40.4. The number of sulfonamides is 1. The van der Waals surface area contributed by atoms with E-state index in [1.165, 1.54) is 4.90 Å². The Hall–Kier alpha value is -4.98. The minimum absolute atomic E-state index is 0.0554. The second kappa shape index (κ2) is 16.1. The Morgan fingerprint density at radius 3 is 2.53 bits per heavy atom. The van der Waals surface area contributed by atoms with Crippen molar-refractivity contribution in [3.05, 3.63) is 66.7 Å². The quantitative estimate of drug-likeness (QED) is 0.287. The maximum absolute atomic E-state index is 14.8. The highest BCUT2D eigenvalue weighted by Crippen LogP contribution is 2.46. The molecule has 0 spiro atoms. The number of hydrogen-bond acceptors (Lipinski definition) is 9. The molecule has 5 aliphatic rings. The standard InChI is InChI=1S/C43H51N5O8S/c1-55-31-16-19-34-36(23-31)44-35(28-12-7-5-8-13-28)25-38(34)56-32-24-37-40(50)45-43(42(52)46-57(53,54)33-17-18-33)26-30(43)15-9-4-2-3-6-14-29(41(51)48(37)27-32)22-39(49)47-20-10-11-21-47/h5,7-9,12-13,15-16,19,23,25,29-30,32-33,37H,2-4,6,10-11,14,17-18,20-22,24,26-27H2,1H3,(H,45,50)(H,46,52)/b15-9-/t29-,30+,32-,37+,43-/m1/s1. The van der Waals surface area contributed by atoms with Crippen LogP contribution in [0, 0.1) is 11.8 Å². The Bertz CT molecular complexity index is 2170. The number of hydrogen-bond donors (Lipinski definition) is 2. The molecule has 14 heteroatoms. The third-order valence-corrected chi connectivity index (χ3v) is 14.0. The molecule has 302 valence electrons. The summed E-state index contributed by atoms with van der Waals surface area (Å²) in [5.74, 6) is -1.55. The fourth-order valence-corrected chi connectivity index (χ4v) is 9.99. The monoisotopic (exact) mass is 797 g/mol. The second-order valence-electron chi connectivity index (χ2n) is 16.2. The van der Waals surface area contributed by atoms with E-state index in [9.17, 15) is 27.6 Å². The van der Waals surface area contributed by atoms with Gasteiger partial charge in [0.1, 0.15) is 29.2 Å². The minimum atomic E-state index is -3.88. The highest BCUT2D eigenvalue weighted by Gasteiger charge is 2.62. The van der Waals surface area contributed by atoms with Crippen molar-refractivity contribution >= 4 is 44.6 Å². The Morgan fingerprint density at radius 2 is 1.77 bits per heavy atom. The molecule has 3 aliphatic heterocycles. The fraction of sp³-hybridized carbons (Fsp3) is 0.512. The molecule has 8 rings (SSSR count). The lowest BCUT2D eigenvalue weighted by Gasteiger charge is -2.30. The number of ether oxygens (including phenoxy) is 2. The van der Waals surface area contributed by atoms with E-state index in [1.54, 1.807) is 7.11 Å². The molecule has 4 heterocycles. The van der Waals surface area contributed by atoms with Crippen molar-refractivity contribution in [2.75, 3.05) is 26.7 Å². The average Bonchev–Trinajstić information content (AvgIpc) is 4.07. The van der Waals surface area contributed by atoms with Crippen LogP contribution in [0.4, 0.5) is 0 Å². The summed E-state index contributed by atoms with van der Waals surface area (Å²) in [6.45, 7) is 1.43. The van der Waals surface area contributed by atoms with Gasteiger partial charge in [0, 0.05) is 60.8 Å². The summed E-state index contributed by atoms with van der Waals surface area (Å²) >= 11 is 0. The van der Waals surface area contributed by atoms with Gasteiger partial charge in [0.15, 0.2) is 0 Å². The molecule has 0 radical (unpaired) electrons. The van der Waals surface area contributed by atoms with E-state index >= 15 is 0 Å². The number of fused-ring (bicyclic) bond motifs is 3. The molecule has 2 aromatic carbocycles. The fourth-order valence-electron chi connectivity index (χ4n) is 8.62. The van der Waals surface area contributed by atoms with E-state index in [2.05, 4.69) is 10.0 Å². The van der Waals surface area contributed by atoms with E-state index in [1.807, 2.05) is 71.6 Å². The molecule has 4 fully saturated rings. The molecule has 2 N–H and O–H groups in total. The third kappa shape index (κ3) is 8.37. The van der Waals surface area contributed by atoms with E-state index in [4.69, 9.17) is 14.5 Å². The molecule has 0 unspecified atom stereocenters. The normalized spacial score (nSPS) is 27.4. The van der Waals surface area contributed by atoms with Crippen molar-refractivity contribution in [2.24, 2.45) is 11.8 Å². The van der Waals surface area contributed by atoms with Crippen LogP contribution in [-0.4, -0.2) is 96.5 Å². The van der Waals surface area contributed by atoms with Crippen molar-refractivity contribution < 1.29 is 37.1 Å². The first-order chi connectivity index (χ1) is 27.5. The number of carbonyl (C=O) groups is 4. The van der Waals surface area contributed by atoms with Crippen LogP contribution < -0.4 is 19.5 Å². The molecular formula is C43H51N5O8S. The SMILES string of the molecule is COc1ccc2c(O[C@@H]3C[C@H]4C(=O)N[C@]5(C(=O)NS(=O)(=O)C6CC6)C[C@@H]5/C=C\CCCCC[C@H](CC(=O)N5CCCC5)C(=O)N4C3)cc(-c3ccccc3)nc2c1. The van der Waals surface area contributed by atoms with Crippen molar-refractivity contribution in [2.45, 2.75) is 100.0 Å².